The molecule has 0 atom stereocenters. The van der Waals surface area contributed by atoms with E-state index in [0.717, 1.165) is 22.3 Å². The van der Waals surface area contributed by atoms with Crippen molar-refractivity contribution < 1.29 is 31.5 Å². The van der Waals surface area contributed by atoms with E-state index in [-0.39, 0.29) is 26.4 Å². The number of phosphoric acid groups is 2. The van der Waals surface area contributed by atoms with Gasteiger partial charge in [-0.3, -0.25) is 18.1 Å². The van der Waals surface area contributed by atoms with Crippen molar-refractivity contribution in [1.82, 2.24) is 0 Å². The second-order valence-electron chi connectivity index (χ2n) is 6.61. The summed E-state index contributed by atoms with van der Waals surface area (Å²) < 4.78 is 53.3. The maximum atomic E-state index is 13.2. The summed E-state index contributed by atoms with van der Waals surface area (Å²) in [6, 6.07) is 0. The largest absolute Gasteiger partial charge is 0.484 e. The average Bonchev–Trinajstić information content (AvgIpc) is 2.72. The van der Waals surface area contributed by atoms with Crippen LogP contribution in [0.2, 0.25) is 0 Å². The third-order valence-electron chi connectivity index (χ3n) is 3.97. The molecule has 0 fully saturated rings. The number of allylic oxidation sites excluding steroid dienone is 4. The molecule has 0 aliphatic rings. The zero-order valence-electron chi connectivity index (χ0n) is 18.9. The summed E-state index contributed by atoms with van der Waals surface area (Å²) in [6.45, 7) is 14.5. The first-order valence-corrected chi connectivity index (χ1v) is 12.4. The van der Waals surface area contributed by atoms with E-state index in [1.54, 1.807) is 52.0 Å². The third-order valence-corrected chi connectivity index (χ3v) is 7.35. The van der Waals surface area contributed by atoms with Gasteiger partial charge in [-0.2, -0.15) is 4.31 Å². The lowest BCUT2D eigenvalue weighted by atomic mass is 10.3. The third kappa shape index (κ3) is 12.5. The van der Waals surface area contributed by atoms with Gasteiger partial charge in [0.25, 0.3) is 0 Å². The molecule has 168 valence electrons. The van der Waals surface area contributed by atoms with E-state index in [1.807, 2.05) is 27.7 Å². The standard InChI is InChI=1S/C20H36O7P2/c1-9-17(5)13-23-28(21,24-14-18(6)10-2)27-29(22,25-15-19(7)11-3)26-16-20(8)12-4/h9-12H,13-16H2,1-8H3/b17-9+,18-10+,19-11+,20-12+. The SMILES string of the molecule is C/C=C(\C)COP(=O)(OC/C(C)=C/C)OP(=O)(OC/C(C)=C/C)OC/C(C)=C/C. The molecular formula is C20H36O7P2. The summed E-state index contributed by atoms with van der Waals surface area (Å²) in [6.07, 6.45) is 7.22. The zero-order valence-corrected chi connectivity index (χ0v) is 20.7. The Morgan fingerprint density at radius 2 is 0.759 bits per heavy atom. The summed E-state index contributed by atoms with van der Waals surface area (Å²) in [5.74, 6) is 0. The summed E-state index contributed by atoms with van der Waals surface area (Å²) in [7, 11) is -8.49. The highest BCUT2D eigenvalue weighted by atomic mass is 31.3. The first-order chi connectivity index (χ1) is 13.5. The molecule has 0 rings (SSSR count). The van der Waals surface area contributed by atoms with Crippen molar-refractivity contribution in [3.63, 3.8) is 0 Å². The maximum Gasteiger partial charge on any atom is 0.484 e. The van der Waals surface area contributed by atoms with Gasteiger partial charge in [0.05, 0.1) is 26.4 Å². The highest BCUT2D eigenvalue weighted by Crippen LogP contribution is 2.66. The van der Waals surface area contributed by atoms with Crippen LogP contribution in [-0.4, -0.2) is 26.4 Å². The molecule has 0 aromatic rings. The van der Waals surface area contributed by atoms with Gasteiger partial charge in [-0.05, 0) is 55.4 Å². The molecule has 0 aliphatic carbocycles. The minimum atomic E-state index is -4.25. The van der Waals surface area contributed by atoms with Crippen LogP contribution in [0.4, 0.5) is 0 Å². The van der Waals surface area contributed by atoms with Gasteiger partial charge in [0.1, 0.15) is 0 Å². The Balaban J connectivity index is 5.65. The van der Waals surface area contributed by atoms with Crippen molar-refractivity contribution in [3.05, 3.63) is 46.6 Å². The molecule has 29 heavy (non-hydrogen) atoms. The molecule has 0 saturated heterocycles. The minimum absolute atomic E-state index is 0.00948. The van der Waals surface area contributed by atoms with Gasteiger partial charge in [0.15, 0.2) is 0 Å². The van der Waals surface area contributed by atoms with Crippen LogP contribution in [0.3, 0.4) is 0 Å². The van der Waals surface area contributed by atoms with Gasteiger partial charge in [-0.15, -0.1) is 0 Å². The molecule has 0 aromatic carbocycles. The van der Waals surface area contributed by atoms with Crippen molar-refractivity contribution in [2.45, 2.75) is 55.4 Å². The van der Waals surface area contributed by atoms with Crippen molar-refractivity contribution in [3.8, 4) is 0 Å². The molecule has 0 bridgehead atoms. The first kappa shape index (κ1) is 28.2. The molecule has 0 amide bonds. The quantitative estimate of drug-likeness (QED) is 0.205. The van der Waals surface area contributed by atoms with Gasteiger partial charge < -0.3 is 0 Å². The fourth-order valence-corrected chi connectivity index (χ4v) is 4.68. The van der Waals surface area contributed by atoms with Crippen LogP contribution in [0.5, 0.6) is 0 Å². The zero-order chi connectivity index (χ0) is 22.5. The first-order valence-electron chi connectivity index (χ1n) is 9.49. The highest BCUT2D eigenvalue weighted by molar-refractivity contribution is 7.62. The number of phosphoric ester groups is 2. The second kappa shape index (κ2) is 14.3. The predicted molar refractivity (Wildman–Crippen MR) is 118 cm³/mol. The van der Waals surface area contributed by atoms with Crippen LogP contribution in [0.1, 0.15) is 55.4 Å². The van der Waals surface area contributed by atoms with Crippen molar-refractivity contribution >= 4 is 15.6 Å². The fraction of sp³-hybridized carbons (Fsp3) is 0.600. The molecule has 0 aliphatic heterocycles. The van der Waals surface area contributed by atoms with Gasteiger partial charge in [-0.25, -0.2) is 9.13 Å². The van der Waals surface area contributed by atoms with Gasteiger partial charge in [0.2, 0.25) is 0 Å². The number of hydrogen-bond donors (Lipinski definition) is 0. The predicted octanol–water partition coefficient (Wildman–Crippen LogP) is 7.15. The summed E-state index contributed by atoms with van der Waals surface area (Å²) >= 11 is 0. The lowest BCUT2D eigenvalue weighted by molar-refractivity contribution is 0.126. The lowest BCUT2D eigenvalue weighted by Crippen LogP contribution is -2.08. The van der Waals surface area contributed by atoms with E-state index >= 15 is 0 Å². The van der Waals surface area contributed by atoms with Gasteiger partial charge in [0, 0.05) is 0 Å². The lowest BCUT2D eigenvalue weighted by Gasteiger charge is -2.23. The van der Waals surface area contributed by atoms with Crippen LogP contribution in [0, 0.1) is 0 Å². The normalized spacial score (nSPS) is 16.8. The molecule has 0 saturated carbocycles. The molecule has 9 heteroatoms. The van der Waals surface area contributed by atoms with Crippen LogP contribution in [-0.2, 0) is 31.5 Å². The molecule has 0 aromatic heterocycles. The van der Waals surface area contributed by atoms with Crippen LogP contribution < -0.4 is 0 Å². The summed E-state index contributed by atoms with van der Waals surface area (Å²) in [5.41, 5.74) is 3.25. The van der Waals surface area contributed by atoms with Crippen LogP contribution in [0.15, 0.2) is 46.6 Å². The topological polar surface area (TPSA) is 80.3 Å². The summed E-state index contributed by atoms with van der Waals surface area (Å²) in [4.78, 5) is 0. The number of rotatable bonds is 14. The van der Waals surface area contributed by atoms with Crippen molar-refractivity contribution in [2.24, 2.45) is 0 Å². The molecule has 0 spiro atoms. The second-order valence-corrected chi connectivity index (χ2v) is 10.1. The molecule has 0 N–H and O–H groups in total. The Kier molecular flexibility index (Phi) is 13.9. The molecule has 0 unspecified atom stereocenters. The molecular weight excluding hydrogens is 414 g/mol. The minimum Gasteiger partial charge on any atom is -0.282 e. The van der Waals surface area contributed by atoms with E-state index < -0.39 is 15.6 Å². The Labute approximate surface area is 176 Å². The maximum absolute atomic E-state index is 13.2. The van der Waals surface area contributed by atoms with Gasteiger partial charge in [-0.1, -0.05) is 46.6 Å². The van der Waals surface area contributed by atoms with E-state index in [4.69, 9.17) is 22.4 Å². The van der Waals surface area contributed by atoms with Crippen molar-refractivity contribution in [2.75, 3.05) is 26.4 Å². The Bertz CT molecular complexity index is 608. The Morgan fingerprint density at radius 1 is 0.552 bits per heavy atom. The van der Waals surface area contributed by atoms with E-state index in [2.05, 4.69) is 0 Å². The molecule has 7 nitrogen and oxygen atoms in total. The van der Waals surface area contributed by atoms with Crippen LogP contribution >= 0.6 is 15.6 Å². The van der Waals surface area contributed by atoms with Crippen molar-refractivity contribution in [1.29, 1.82) is 0 Å². The summed E-state index contributed by atoms with van der Waals surface area (Å²) in [5, 5.41) is 0. The van der Waals surface area contributed by atoms with E-state index in [1.165, 1.54) is 0 Å². The number of hydrogen-bond acceptors (Lipinski definition) is 7. The average molecular weight is 450 g/mol. The monoisotopic (exact) mass is 450 g/mol. The van der Waals surface area contributed by atoms with Gasteiger partial charge >= 0.3 is 15.6 Å². The smallest absolute Gasteiger partial charge is 0.282 e. The van der Waals surface area contributed by atoms with Crippen LogP contribution in [0.25, 0.3) is 0 Å². The van der Waals surface area contributed by atoms with E-state index in [9.17, 15) is 9.13 Å². The fourth-order valence-electron chi connectivity index (χ4n) is 1.35. The Morgan fingerprint density at radius 3 is 0.931 bits per heavy atom. The van der Waals surface area contributed by atoms with E-state index in [0.29, 0.717) is 0 Å². The molecule has 0 heterocycles. The molecule has 0 radical (unpaired) electrons. The highest BCUT2D eigenvalue weighted by Gasteiger charge is 2.41. The Hall–Kier alpha value is -0.780.